The van der Waals surface area contributed by atoms with Crippen molar-refractivity contribution in [3.05, 3.63) is 80.6 Å². The number of ether oxygens (including phenoxy) is 1. The van der Waals surface area contributed by atoms with Crippen molar-refractivity contribution in [3.8, 4) is 21.7 Å². The number of benzene rings is 3. The predicted octanol–water partition coefficient (Wildman–Crippen LogP) is 7.52. The summed E-state index contributed by atoms with van der Waals surface area (Å²) in [6.07, 6.45) is 0.0902. The van der Waals surface area contributed by atoms with Crippen LogP contribution in [0, 0.1) is 22.9 Å². The van der Waals surface area contributed by atoms with E-state index in [0.29, 0.717) is 21.1 Å². The fourth-order valence-electron chi connectivity index (χ4n) is 3.65. The van der Waals surface area contributed by atoms with Crippen molar-refractivity contribution in [2.75, 3.05) is 6.61 Å². The molecular weight excluding hydrogens is 531 g/mol. The lowest BCUT2D eigenvalue weighted by atomic mass is 9.93. The Bertz CT molecular complexity index is 1470. The van der Waals surface area contributed by atoms with E-state index in [-0.39, 0.29) is 19.0 Å². The van der Waals surface area contributed by atoms with Crippen molar-refractivity contribution in [2.45, 2.75) is 46.6 Å². The molecule has 0 fully saturated rings. The van der Waals surface area contributed by atoms with Crippen molar-refractivity contribution in [1.29, 1.82) is 0 Å². The minimum Gasteiger partial charge on any atom is -0.466 e. The molecule has 38 heavy (non-hydrogen) atoms. The minimum absolute atomic E-state index is 0.0902. The molecule has 0 unspecified atom stereocenters. The minimum atomic E-state index is -0.922. The summed E-state index contributed by atoms with van der Waals surface area (Å²) in [5.74, 6) is -1.26. The van der Waals surface area contributed by atoms with Crippen LogP contribution in [0.3, 0.4) is 0 Å². The highest BCUT2D eigenvalue weighted by atomic mass is 35.5. The summed E-state index contributed by atoms with van der Waals surface area (Å²) in [5.41, 5.74) is 3.41. The summed E-state index contributed by atoms with van der Waals surface area (Å²) >= 11 is 7.41. The number of thiazole rings is 1. The van der Waals surface area contributed by atoms with E-state index in [4.69, 9.17) is 21.4 Å². The summed E-state index contributed by atoms with van der Waals surface area (Å²) in [5, 5.41) is 20.6. The van der Waals surface area contributed by atoms with Gasteiger partial charge in [0, 0.05) is 22.2 Å². The molecule has 4 aromatic rings. The van der Waals surface area contributed by atoms with Gasteiger partial charge in [0.2, 0.25) is 5.82 Å². The molecule has 200 valence electrons. The fraction of sp³-hybridized carbons (Fsp3) is 0.286. The molecule has 4 rings (SSSR count). The van der Waals surface area contributed by atoms with Gasteiger partial charge in [0.25, 0.3) is 0 Å². The lowest BCUT2D eigenvalue weighted by Crippen LogP contribution is -2.10. The molecule has 0 saturated carbocycles. The summed E-state index contributed by atoms with van der Waals surface area (Å²) in [7, 11) is 0. The van der Waals surface area contributed by atoms with E-state index >= 15 is 0 Å². The number of nitro benzene ring substituents is 1. The number of fused-ring (bicyclic) bond motifs is 1. The number of aryl methyl sites for hydroxylation is 1. The molecular formula is C28H28ClFN2O5S. The third-order valence-electron chi connectivity index (χ3n) is 5.16. The molecule has 0 bridgehead atoms. The first-order chi connectivity index (χ1) is 17.8. The van der Waals surface area contributed by atoms with E-state index in [1.165, 1.54) is 17.4 Å². The normalized spacial score (nSPS) is 11.2. The third kappa shape index (κ3) is 7.34. The topological polar surface area (TPSA) is 103 Å². The average molecular weight is 559 g/mol. The maximum atomic E-state index is 14.2. The van der Waals surface area contributed by atoms with Gasteiger partial charge in [-0.3, -0.25) is 14.9 Å². The molecule has 0 amide bonds. The van der Waals surface area contributed by atoms with Crippen LogP contribution in [-0.4, -0.2) is 33.2 Å². The number of rotatable bonds is 6. The molecule has 1 heterocycles. The Hall–Kier alpha value is -3.40. The van der Waals surface area contributed by atoms with Crippen molar-refractivity contribution in [2.24, 2.45) is 0 Å². The van der Waals surface area contributed by atoms with E-state index < -0.39 is 22.0 Å². The van der Waals surface area contributed by atoms with E-state index in [2.05, 4.69) is 4.98 Å². The second kappa shape index (κ2) is 12.0. The Morgan fingerprint density at radius 1 is 1.16 bits per heavy atom. The lowest BCUT2D eigenvalue weighted by molar-refractivity contribution is -0.387. The number of nitro groups is 1. The first-order valence-corrected chi connectivity index (χ1v) is 13.0. The van der Waals surface area contributed by atoms with Gasteiger partial charge in [-0.15, -0.1) is 11.3 Å². The van der Waals surface area contributed by atoms with Crippen LogP contribution >= 0.6 is 22.9 Å². The second-order valence-corrected chi connectivity index (χ2v) is 10.9. The number of aliphatic hydroxyl groups is 1. The molecule has 1 N–H and O–H groups in total. The highest BCUT2D eigenvalue weighted by Crippen LogP contribution is 2.41. The summed E-state index contributed by atoms with van der Waals surface area (Å²) in [4.78, 5) is 27.2. The van der Waals surface area contributed by atoms with Crippen molar-refractivity contribution in [3.63, 3.8) is 0 Å². The summed E-state index contributed by atoms with van der Waals surface area (Å²) in [6, 6.07) is 12.9. The number of nitrogens with zero attached hydrogens (tertiary/aromatic N) is 2. The van der Waals surface area contributed by atoms with Gasteiger partial charge >= 0.3 is 11.7 Å². The molecule has 0 atom stereocenters. The number of carbonyl (C=O) groups is 1. The third-order valence-corrected chi connectivity index (χ3v) is 6.55. The van der Waals surface area contributed by atoms with Crippen LogP contribution < -0.4 is 0 Å². The van der Waals surface area contributed by atoms with E-state index in [9.17, 15) is 19.3 Å². The number of esters is 1. The lowest BCUT2D eigenvalue weighted by Gasteiger charge is -2.14. The zero-order chi connectivity index (χ0) is 28.2. The van der Waals surface area contributed by atoms with Gasteiger partial charge in [-0.25, -0.2) is 4.98 Å². The number of hydrogen-bond acceptors (Lipinski definition) is 7. The van der Waals surface area contributed by atoms with Gasteiger partial charge in [-0.05, 0) is 81.6 Å². The van der Waals surface area contributed by atoms with Gasteiger partial charge < -0.3 is 9.84 Å². The van der Waals surface area contributed by atoms with E-state index in [1.54, 1.807) is 39.8 Å². The fourth-order valence-corrected chi connectivity index (χ4v) is 4.91. The quantitative estimate of drug-likeness (QED) is 0.149. The Morgan fingerprint density at radius 2 is 1.76 bits per heavy atom. The SMILES string of the molecule is CC(C)(C)O.CCOC(=O)Cc1c(C)cc2nc(-c3ccc([N+](=O)[O-])c(F)c3)sc2c1-c1ccc(Cl)cc1. The van der Waals surface area contributed by atoms with Gasteiger partial charge in [0.15, 0.2) is 0 Å². The van der Waals surface area contributed by atoms with E-state index in [0.717, 1.165) is 39.1 Å². The molecule has 0 aliphatic rings. The molecule has 0 aliphatic carbocycles. The van der Waals surface area contributed by atoms with Crippen LogP contribution in [0.1, 0.15) is 38.8 Å². The van der Waals surface area contributed by atoms with Gasteiger partial charge in [-0.1, -0.05) is 23.7 Å². The molecule has 3 aromatic carbocycles. The van der Waals surface area contributed by atoms with E-state index in [1.807, 2.05) is 25.1 Å². The molecule has 0 saturated heterocycles. The van der Waals surface area contributed by atoms with Crippen molar-refractivity contribution in [1.82, 2.24) is 4.98 Å². The van der Waals surface area contributed by atoms with Crippen LogP contribution in [0.2, 0.25) is 5.02 Å². The largest absolute Gasteiger partial charge is 0.466 e. The van der Waals surface area contributed by atoms with Crippen LogP contribution in [0.4, 0.5) is 10.1 Å². The molecule has 0 spiro atoms. The number of halogens is 2. The van der Waals surface area contributed by atoms with Gasteiger partial charge in [0.05, 0.1) is 33.8 Å². The maximum absolute atomic E-state index is 14.2. The van der Waals surface area contributed by atoms with Crippen LogP contribution in [0.25, 0.3) is 31.9 Å². The maximum Gasteiger partial charge on any atom is 0.310 e. The highest BCUT2D eigenvalue weighted by molar-refractivity contribution is 7.22. The van der Waals surface area contributed by atoms with Gasteiger partial charge in [-0.2, -0.15) is 4.39 Å². The number of aromatic nitrogens is 1. The molecule has 0 aliphatic heterocycles. The van der Waals surface area contributed by atoms with Crippen LogP contribution in [0.5, 0.6) is 0 Å². The van der Waals surface area contributed by atoms with Crippen LogP contribution in [-0.2, 0) is 16.0 Å². The Morgan fingerprint density at radius 3 is 2.32 bits per heavy atom. The monoisotopic (exact) mass is 558 g/mol. The second-order valence-electron chi connectivity index (χ2n) is 9.50. The Kier molecular flexibility index (Phi) is 9.19. The smallest absolute Gasteiger partial charge is 0.310 e. The molecule has 0 radical (unpaired) electrons. The predicted molar refractivity (Wildman–Crippen MR) is 149 cm³/mol. The van der Waals surface area contributed by atoms with Crippen molar-refractivity contribution < 1.29 is 24.0 Å². The number of carbonyl (C=O) groups excluding carboxylic acids is 1. The summed E-state index contributed by atoms with van der Waals surface area (Å²) < 4.78 is 20.2. The highest BCUT2D eigenvalue weighted by Gasteiger charge is 2.21. The molecule has 7 nitrogen and oxygen atoms in total. The molecule has 1 aromatic heterocycles. The first-order valence-electron chi connectivity index (χ1n) is 11.8. The number of hydrogen-bond donors (Lipinski definition) is 1. The average Bonchev–Trinajstić information content (AvgIpc) is 3.22. The van der Waals surface area contributed by atoms with Crippen LogP contribution in [0.15, 0.2) is 48.5 Å². The zero-order valence-electron chi connectivity index (χ0n) is 21.7. The zero-order valence-corrected chi connectivity index (χ0v) is 23.2. The Labute approximate surface area is 229 Å². The first kappa shape index (κ1) is 29.2. The standard InChI is InChI=1S/C24H18ClFN2O4S.C4H10O/c1-3-32-21(29)12-17-13(2)10-19-23(22(17)14-4-7-16(25)8-5-14)33-24(27-19)15-6-9-20(28(30)31)18(26)11-15;1-4(2,3)5/h4-11H,3,12H2,1-2H3;5H,1-3H3. The van der Waals surface area contributed by atoms with Gasteiger partial charge in [0.1, 0.15) is 5.01 Å². The van der Waals surface area contributed by atoms with Crippen molar-refractivity contribution >= 4 is 44.8 Å². The summed E-state index contributed by atoms with van der Waals surface area (Å²) in [6.45, 7) is 9.17. The Balaban J connectivity index is 0.000000732. The molecule has 10 heteroatoms.